The smallest absolute Gasteiger partial charge is 0.407 e. The van der Waals surface area contributed by atoms with Crippen LogP contribution < -0.4 is 5.32 Å². The van der Waals surface area contributed by atoms with Crippen LogP contribution >= 0.6 is 0 Å². The second-order valence-electron chi connectivity index (χ2n) is 8.13. The van der Waals surface area contributed by atoms with Crippen molar-refractivity contribution < 1.29 is 9.53 Å². The van der Waals surface area contributed by atoms with Crippen molar-refractivity contribution in [3.8, 4) is 0 Å². The van der Waals surface area contributed by atoms with E-state index in [-0.39, 0.29) is 18.2 Å². The summed E-state index contributed by atoms with van der Waals surface area (Å²) in [5.41, 5.74) is 1.12. The van der Waals surface area contributed by atoms with Crippen LogP contribution in [0.3, 0.4) is 0 Å². The van der Waals surface area contributed by atoms with Crippen LogP contribution in [0.5, 0.6) is 0 Å². The first-order valence-electron chi connectivity index (χ1n) is 11.6. The average molecular weight is 398 g/mol. The number of unbranched alkanes of at least 4 members (excludes halogenated alkanes) is 7. The molecule has 2 aromatic rings. The first-order valence-corrected chi connectivity index (χ1v) is 11.6. The Morgan fingerprint density at radius 3 is 2.28 bits per heavy atom. The van der Waals surface area contributed by atoms with E-state index in [1.165, 1.54) is 55.7 Å². The van der Waals surface area contributed by atoms with Crippen molar-refractivity contribution in [2.75, 3.05) is 0 Å². The van der Waals surface area contributed by atoms with Gasteiger partial charge >= 0.3 is 6.09 Å². The van der Waals surface area contributed by atoms with E-state index in [0.717, 1.165) is 24.8 Å². The van der Waals surface area contributed by atoms with E-state index in [1.807, 2.05) is 25.1 Å². The molecule has 1 amide bonds. The molecule has 29 heavy (non-hydrogen) atoms. The molecule has 0 fully saturated rings. The highest BCUT2D eigenvalue weighted by Crippen LogP contribution is 2.24. The highest BCUT2D eigenvalue weighted by Gasteiger charge is 2.16. The number of fused-ring (bicyclic) bond motifs is 1. The van der Waals surface area contributed by atoms with Gasteiger partial charge in [-0.1, -0.05) is 101 Å². The summed E-state index contributed by atoms with van der Waals surface area (Å²) < 4.78 is 5.71. The fourth-order valence-electron chi connectivity index (χ4n) is 3.92. The van der Waals surface area contributed by atoms with Crippen LogP contribution in [0.1, 0.15) is 96.6 Å². The third kappa shape index (κ3) is 8.08. The SMILES string of the molecule is CCCCCCCCCCC(CC)OC(=O)NC(C)c1cccc2ccccc12. The Hall–Kier alpha value is -2.03. The lowest BCUT2D eigenvalue weighted by atomic mass is 10.00. The minimum atomic E-state index is -0.308. The largest absolute Gasteiger partial charge is 0.446 e. The molecule has 0 saturated heterocycles. The van der Waals surface area contributed by atoms with Gasteiger partial charge in [0.05, 0.1) is 6.04 Å². The summed E-state index contributed by atoms with van der Waals surface area (Å²) in [5, 5.41) is 5.39. The van der Waals surface area contributed by atoms with E-state index >= 15 is 0 Å². The number of hydrogen-bond acceptors (Lipinski definition) is 2. The van der Waals surface area contributed by atoms with Crippen molar-refractivity contribution in [2.24, 2.45) is 0 Å². The van der Waals surface area contributed by atoms with Crippen molar-refractivity contribution in [1.82, 2.24) is 5.32 Å². The highest BCUT2D eigenvalue weighted by molar-refractivity contribution is 5.86. The van der Waals surface area contributed by atoms with Crippen LogP contribution in [-0.2, 0) is 4.74 Å². The van der Waals surface area contributed by atoms with E-state index in [0.29, 0.717) is 0 Å². The maximum absolute atomic E-state index is 12.4. The topological polar surface area (TPSA) is 38.3 Å². The Balaban J connectivity index is 1.73. The van der Waals surface area contributed by atoms with Crippen LogP contribution in [0.4, 0.5) is 4.79 Å². The summed E-state index contributed by atoms with van der Waals surface area (Å²) in [6.45, 7) is 6.36. The second kappa shape index (κ2) is 13.2. The Labute approximate surface area is 177 Å². The zero-order valence-corrected chi connectivity index (χ0v) is 18.6. The van der Waals surface area contributed by atoms with Crippen molar-refractivity contribution in [2.45, 2.75) is 97.1 Å². The van der Waals surface area contributed by atoms with E-state index in [9.17, 15) is 4.79 Å². The van der Waals surface area contributed by atoms with E-state index in [4.69, 9.17) is 4.74 Å². The maximum Gasteiger partial charge on any atom is 0.407 e. The highest BCUT2D eigenvalue weighted by atomic mass is 16.6. The number of alkyl carbamates (subject to hydrolysis) is 1. The summed E-state index contributed by atoms with van der Waals surface area (Å²) in [7, 11) is 0. The number of nitrogens with one attached hydrogen (secondary N) is 1. The zero-order valence-electron chi connectivity index (χ0n) is 18.6. The van der Waals surface area contributed by atoms with Gasteiger partial charge in [-0.05, 0) is 42.5 Å². The summed E-state index contributed by atoms with van der Waals surface area (Å²) in [4.78, 5) is 12.4. The van der Waals surface area contributed by atoms with Gasteiger partial charge in [0, 0.05) is 0 Å². The first-order chi connectivity index (χ1) is 14.2. The normalized spacial score (nSPS) is 13.2. The zero-order chi connectivity index (χ0) is 20.9. The fourth-order valence-corrected chi connectivity index (χ4v) is 3.92. The summed E-state index contributed by atoms with van der Waals surface area (Å²) in [5.74, 6) is 0. The molecule has 3 nitrogen and oxygen atoms in total. The van der Waals surface area contributed by atoms with Gasteiger partial charge in [0.1, 0.15) is 6.10 Å². The molecule has 0 aromatic heterocycles. The standard InChI is InChI=1S/C26H39NO2/c1-4-6-7-8-9-10-11-12-18-23(5-2)29-26(28)27-21(3)24-20-15-17-22-16-13-14-19-25(22)24/h13-17,19-21,23H,4-12,18H2,1-3H3,(H,27,28). The van der Waals surface area contributed by atoms with E-state index in [2.05, 4.69) is 43.4 Å². The maximum atomic E-state index is 12.4. The number of carbonyl (C=O) groups is 1. The predicted molar refractivity (Wildman–Crippen MR) is 123 cm³/mol. The molecule has 2 atom stereocenters. The molecular weight excluding hydrogens is 358 g/mol. The lowest BCUT2D eigenvalue weighted by molar-refractivity contribution is 0.0863. The van der Waals surface area contributed by atoms with Gasteiger partial charge in [0.25, 0.3) is 0 Å². The fraction of sp³-hybridized carbons (Fsp3) is 0.577. The Bertz CT molecular complexity index is 722. The van der Waals surface area contributed by atoms with Crippen LogP contribution in [-0.4, -0.2) is 12.2 Å². The molecule has 0 radical (unpaired) electrons. The second-order valence-corrected chi connectivity index (χ2v) is 8.13. The molecule has 0 saturated carbocycles. The molecule has 0 heterocycles. The number of ether oxygens (including phenoxy) is 1. The van der Waals surface area contributed by atoms with Crippen LogP contribution in [0.15, 0.2) is 42.5 Å². The Morgan fingerprint density at radius 1 is 0.897 bits per heavy atom. The van der Waals surface area contributed by atoms with Gasteiger partial charge in [0.2, 0.25) is 0 Å². The summed E-state index contributed by atoms with van der Waals surface area (Å²) >= 11 is 0. The van der Waals surface area contributed by atoms with Gasteiger partial charge in [-0.2, -0.15) is 0 Å². The summed E-state index contributed by atoms with van der Waals surface area (Å²) in [6, 6.07) is 14.4. The molecule has 2 unspecified atom stereocenters. The molecule has 160 valence electrons. The Morgan fingerprint density at radius 2 is 1.55 bits per heavy atom. The molecule has 0 bridgehead atoms. The number of carbonyl (C=O) groups excluding carboxylic acids is 1. The lowest BCUT2D eigenvalue weighted by Gasteiger charge is -2.20. The third-order valence-electron chi connectivity index (χ3n) is 5.73. The molecule has 1 N–H and O–H groups in total. The third-order valence-corrected chi connectivity index (χ3v) is 5.73. The van der Waals surface area contributed by atoms with Crippen molar-refractivity contribution >= 4 is 16.9 Å². The van der Waals surface area contributed by atoms with E-state index < -0.39 is 0 Å². The average Bonchev–Trinajstić information content (AvgIpc) is 2.74. The first kappa shape index (κ1) is 23.3. The molecular formula is C26H39NO2. The lowest BCUT2D eigenvalue weighted by Crippen LogP contribution is -2.31. The molecule has 0 aliphatic carbocycles. The minimum Gasteiger partial charge on any atom is -0.446 e. The number of amides is 1. The van der Waals surface area contributed by atoms with Crippen LogP contribution in [0, 0.1) is 0 Å². The quantitative estimate of drug-likeness (QED) is 0.348. The van der Waals surface area contributed by atoms with Gasteiger partial charge < -0.3 is 10.1 Å². The van der Waals surface area contributed by atoms with Crippen molar-refractivity contribution in [1.29, 1.82) is 0 Å². The molecule has 0 aliphatic heterocycles. The van der Waals surface area contributed by atoms with Gasteiger partial charge in [-0.25, -0.2) is 4.79 Å². The van der Waals surface area contributed by atoms with Crippen molar-refractivity contribution in [3.63, 3.8) is 0 Å². The van der Waals surface area contributed by atoms with Crippen molar-refractivity contribution in [3.05, 3.63) is 48.0 Å². The number of benzene rings is 2. The molecule has 3 heteroatoms. The molecule has 2 rings (SSSR count). The van der Waals surface area contributed by atoms with Gasteiger partial charge in [0.15, 0.2) is 0 Å². The molecule has 0 aliphatic rings. The van der Waals surface area contributed by atoms with Gasteiger partial charge in [-0.3, -0.25) is 0 Å². The monoisotopic (exact) mass is 397 g/mol. The number of hydrogen-bond donors (Lipinski definition) is 1. The van der Waals surface area contributed by atoms with Gasteiger partial charge in [-0.15, -0.1) is 0 Å². The van der Waals surface area contributed by atoms with E-state index in [1.54, 1.807) is 0 Å². The Kier molecular flexibility index (Phi) is 10.6. The number of rotatable bonds is 13. The molecule has 2 aromatic carbocycles. The van der Waals surface area contributed by atoms with Crippen LogP contribution in [0.2, 0.25) is 0 Å². The van der Waals surface area contributed by atoms with Crippen LogP contribution in [0.25, 0.3) is 10.8 Å². The molecule has 0 spiro atoms. The summed E-state index contributed by atoms with van der Waals surface area (Å²) in [6.07, 6.45) is 11.9. The predicted octanol–water partition coefficient (Wildman–Crippen LogP) is 7.94. The minimum absolute atomic E-state index is 0.00908.